The molecule has 3 fully saturated rings. The number of nitrogens with zero attached hydrogens (tertiary/aromatic N) is 11. The van der Waals surface area contributed by atoms with E-state index in [0.717, 1.165) is 47.2 Å². The van der Waals surface area contributed by atoms with Gasteiger partial charge in [0.2, 0.25) is 11.4 Å². The molecule has 0 spiro atoms. The number of halogens is 6. The van der Waals surface area contributed by atoms with Crippen LogP contribution in [0.3, 0.4) is 0 Å². The smallest absolute Gasteiger partial charge is 0.341 e. The van der Waals surface area contributed by atoms with Crippen molar-refractivity contribution in [2.75, 3.05) is 88.3 Å². The minimum Gasteiger partial charge on any atom is -0.477 e. The minimum absolute atomic E-state index is 0.00933. The van der Waals surface area contributed by atoms with Crippen LogP contribution in [0.1, 0.15) is 16.8 Å². The summed E-state index contributed by atoms with van der Waals surface area (Å²) in [5.41, 5.74) is 3.37. The molecule has 6 aromatic rings. The standard InChI is InChI=1S/C46H43F6N15O4/c47-25-1-3-34(30(49)19-25)66-6-5-36(68)27-21-32(51)42(57-40(27)66)62-11-7-60(8-12-62)37(53)23-38(54)61-9-15-64(16-10-61)45(55)59-46(56)65-17-13-63(14-18-65)43-33(52)22-28-39(69)29(44(70)71)24-67(41(28)58-43)35-4-2-26(48)20-31(35)50/h1-6,19-22,24,53-54H,7-18,23H2,(H,70,71)(H3,55,56,59). The fraction of sp³-hybridized carbons (Fsp3) is 0.283. The van der Waals surface area contributed by atoms with Crippen molar-refractivity contribution in [3.63, 3.8) is 0 Å². The minimum atomic E-state index is -1.63. The normalized spacial score (nSPS) is 15.8. The van der Waals surface area contributed by atoms with Gasteiger partial charge in [0.25, 0.3) is 0 Å². The number of carbonyl (C=O) groups is 1. The molecule has 71 heavy (non-hydrogen) atoms. The fourth-order valence-electron chi connectivity index (χ4n) is 8.83. The van der Waals surface area contributed by atoms with Crippen LogP contribution in [-0.4, -0.2) is 152 Å². The third-order valence-corrected chi connectivity index (χ3v) is 12.7. The van der Waals surface area contributed by atoms with E-state index in [1.54, 1.807) is 29.4 Å². The van der Waals surface area contributed by atoms with Gasteiger partial charge < -0.3 is 40.2 Å². The molecule has 0 atom stereocenters. The third kappa shape index (κ3) is 9.36. The number of pyridine rings is 4. The second kappa shape index (κ2) is 19.1. The van der Waals surface area contributed by atoms with E-state index in [1.165, 1.54) is 16.8 Å². The largest absolute Gasteiger partial charge is 0.477 e. The number of nitrogens with one attached hydrogen (secondary N) is 3. The highest BCUT2D eigenvalue weighted by atomic mass is 19.2. The SMILES string of the molecule is N=C(CC(=N)N1CCN(c2nc3c(cc2F)c(=O)ccn3-c2ccc(F)cc2F)CC1)N1CCN(C(=N)N=C(N)N2CCN(c3nc4c(cc3F)c(=O)c(C(=O)O)cn4-c3ccc(F)cc3F)CC2)CC1. The summed E-state index contributed by atoms with van der Waals surface area (Å²) in [7, 11) is 0. The number of piperazine rings is 3. The van der Waals surface area contributed by atoms with E-state index in [4.69, 9.17) is 22.0 Å². The van der Waals surface area contributed by atoms with E-state index in [1.807, 2.05) is 0 Å². The summed E-state index contributed by atoms with van der Waals surface area (Å²) < 4.78 is 90.5. The Morgan fingerprint density at radius 1 is 0.606 bits per heavy atom. The fourth-order valence-corrected chi connectivity index (χ4v) is 8.83. The predicted octanol–water partition coefficient (Wildman–Crippen LogP) is 3.77. The van der Waals surface area contributed by atoms with Crippen molar-refractivity contribution in [3.8, 4) is 11.4 Å². The van der Waals surface area contributed by atoms with Gasteiger partial charge in [0.05, 0.1) is 28.6 Å². The van der Waals surface area contributed by atoms with Crippen LogP contribution in [0.5, 0.6) is 0 Å². The van der Waals surface area contributed by atoms with Gasteiger partial charge in [-0.1, -0.05) is 0 Å². The molecule has 0 radical (unpaired) electrons. The van der Waals surface area contributed by atoms with E-state index in [0.29, 0.717) is 51.4 Å². The van der Waals surface area contributed by atoms with Crippen LogP contribution in [0, 0.1) is 51.1 Å². The van der Waals surface area contributed by atoms with Gasteiger partial charge in [-0.25, -0.2) is 41.1 Å². The summed E-state index contributed by atoms with van der Waals surface area (Å²) in [6.45, 7) is 3.22. The number of guanidine groups is 2. The van der Waals surface area contributed by atoms with Crippen LogP contribution < -0.4 is 26.4 Å². The quantitative estimate of drug-likeness (QED) is 0.0872. The molecule has 7 heterocycles. The van der Waals surface area contributed by atoms with E-state index < -0.39 is 62.7 Å². The summed E-state index contributed by atoms with van der Waals surface area (Å²) >= 11 is 0. The summed E-state index contributed by atoms with van der Waals surface area (Å²) in [5, 5.41) is 35.4. The van der Waals surface area contributed by atoms with Crippen LogP contribution in [0.2, 0.25) is 0 Å². The van der Waals surface area contributed by atoms with Gasteiger partial charge in [0.1, 0.15) is 40.5 Å². The number of hydrogen-bond donors (Lipinski definition) is 5. The summed E-state index contributed by atoms with van der Waals surface area (Å²) in [5.74, 6) is -6.93. The first-order chi connectivity index (χ1) is 33.9. The molecule has 19 nitrogen and oxygen atoms in total. The second-order valence-corrected chi connectivity index (χ2v) is 16.9. The number of hydrogen-bond acceptors (Lipinski definition) is 10. The van der Waals surface area contributed by atoms with E-state index in [2.05, 4.69) is 15.0 Å². The number of nitrogens with two attached hydrogens (primary N) is 1. The number of carboxylic acid groups (broad SMARTS) is 1. The maximum Gasteiger partial charge on any atom is 0.341 e. The van der Waals surface area contributed by atoms with Crippen LogP contribution in [0.25, 0.3) is 33.4 Å². The number of benzene rings is 2. The first kappa shape index (κ1) is 47.6. The molecule has 4 aromatic heterocycles. The number of amidine groups is 2. The molecule has 3 aliphatic heterocycles. The maximum absolute atomic E-state index is 15.6. The molecule has 3 saturated heterocycles. The Morgan fingerprint density at radius 2 is 1.07 bits per heavy atom. The van der Waals surface area contributed by atoms with Crippen molar-refractivity contribution in [2.24, 2.45) is 10.7 Å². The van der Waals surface area contributed by atoms with Crippen molar-refractivity contribution in [3.05, 3.63) is 128 Å². The molecule has 0 unspecified atom stereocenters. The second-order valence-electron chi connectivity index (χ2n) is 16.9. The average molecular weight is 984 g/mol. The Morgan fingerprint density at radius 3 is 1.59 bits per heavy atom. The number of aliphatic imine (C=N–C) groups is 1. The number of anilines is 2. The Balaban J connectivity index is 0.774. The van der Waals surface area contributed by atoms with Gasteiger partial charge in [-0.15, -0.1) is 0 Å². The monoisotopic (exact) mass is 983 g/mol. The summed E-state index contributed by atoms with van der Waals surface area (Å²) in [6, 6.07) is 8.56. The molecule has 0 bridgehead atoms. The molecular weight excluding hydrogens is 941 g/mol. The van der Waals surface area contributed by atoms with E-state index in [9.17, 15) is 37.1 Å². The highest BCUT2D eigenvalue weighted by molar-refractivity contribution is 6.00. The lowest BCUT2D eigenvalue weighted by Crippen LogP contribution is -2.54. The van der Waals surface area contributed by atoms with Gasteiger partial charge in [-0.2, -0.15) is 4.99 Å². The van der Waals surface area contributed by atoms with Crippen molar-refractivity contribution < 1.29 is 36.2 Å². The molecule has 25 heteroatoms. The molecule has 368 valence electrons. The number of fused-ring (bicyclic) bond motifs is 2. The molecule has 6 N–H and O–H groups in total. The van der Waals surface area contributed by atoms with Gasteiger partial charge in [-0.3, -0.25) is 35.0 Å². The Kier molecular flexibility index (Phi) is 12.8. The Bertz CT molecular complexity index is 3330. The van der Waals surface area contributed by atoms with Gasteiger partial charge in [-0.05, 0) is 36.4 Å². The van der Waals surface area contributed by atoms with Gasteiger partial charge in [0, 0.05) is 109 Å². The predicted molar refractivity (Wildman–Crippen MR) is 252 cm³/mol. The lowest BCUT2D eigenvalue weighted by molar-refractivity contribution is 0.0695. The highest BCUT2D eigenvalue weighted by Crippen LogP contribution is 2.28. The maximum atomic E-state index is 15.6. The topological polar surface area (TPSA) is 236 Å². The molecule has 2 aromatic carbocycles. The van der Waals surface area contributed by atoms with Gasteiger partial charge >= 0.3 is 5.97 Å². The van der Waals surface area contributed by atoms with Crippen molar-refractivity contribution in [1.29, 1.82) is 16.2 Å². The third-order valence-electron chi connectivity index (χ3n) is 12.7. The summed E-state index contributed by atoms with van der Waals surface area (Å²) in [6.07, 6.45) is 2.17. The Labute approximate surface area is 398 Å². The van der Waals surface area contributed by atoms with E-state index in [-0.39, 0.29) is 109 Å². The van der Waals surface area contributed by atoms with Crippen LogP contribution in [0.15, 0.2) is 81.6 Å². The lowest BCUT2D eigenvalue weighted by Gasteiger charge is -2.39. The van der Waals surface area contributed by atoms with Crippen LogP contribution in [-0.2, 0) is 0 Å². The molecular formula is C46H43F6N15O4. The first-order valence-corrected chi connectivity index (χ1v) is 22.1. The van der Waals surface area contributed by atoms with Crippen molar-refractivity contribution >= 4 is 63.3 Å². The molecule has 0 aliphatic carbocycles. The molecule has 9 rings (SSSR count). The average Bonchev–Trinajstić information content (AvgIpc) is 3.34. The molecule has 3 aliphatic rings. The van der Waals surface area contributed by atoms with Crippen molar-refractivity contribution in [1.82, 2.24) is 38.7 Å². The van der Waals surface area contributed by atoms with Crippen LogP contribution >= 0.6 is 0 Å². The Hall–Kier alpha value is -8.51. The molecule has 0 amide bonds. The summed E-state index contributed by atoms with van der Waals surface area (Å²) in [4.78, 5) is 60.9. The van der Waals surface area contributed by atoms with Gasteiger partial charge in [0.15, 0.2) is 46.0 Å². The number of aromatic carboxylic acids is 1. The zero-order chi connectivity index (χ0) is 50.4. The number of rotatable bonds is 7. The van der Waals surface area contributed by atoms with E-state index >= 15 is 8.78 Å². The first-order valence-electron chi connectivity index (χ1n) is 22.1. The zero-order valence-electron chi connectivity index (χ0n) is 37.5. The zero-order valence-corrected chi connectivity index (χ0v) is 37.5. The highest BCUT2D eigenvalue weighted by Gasteiger charge is 2.29. The number of aromatic nitrogens is 4. The van der Waals surface area contributed by atoms with Crippen molar-refractivity contribution in [2.45, 2.75) is 6.42 Å². The number of carboxylic acids is 1. The molecule has 0 saturated carbocycles. The lowest BCUT2D eigenvalue weighted by atomic mass is 10.1. The van der Waals surface area contributed by atoms with Crippen LogP contribution in [0.4, 0.5) is 38.0 Å².